The molecular formula is C26H23FN2O6. The molecule has 0 radical (unpaired) electrons. The van der Waals surface area contributed by atoms with Crippen molar-refractivity contribution in [2.45, 2.75) is 12.0 Å². The summed E-state index contributed by atoms with van der Waals surface area (Å²) >= 11 is 0. The van der Waals surface area contributed by atoms with Crippen LogP contribution < -0.4 is 10.6 Å². The van der Waals surface area contributed by atoms with Crippen molar-refractivity contribution in [3.63, 3.8) is 0 Å². The molecule has 9 heteroatoms. The highest BCUT2D eigenvalue weighted by Crippen LogP contribution is 2.44. The van der Waals surface area contributed by atoms with Gasteiger partial charge in [0.2, 0.25) is 0 Å². The monoisotopic (exact) mass is 478 g/mol. The minimum absolute atomic E-state index is 0.0508. The first kappa shape index (κ1) is 23.9. The van der Waals surface area contributed by atoms with Crippen LogP contribution in [0.15, 0.2) is 66.7 Å². The number of hydrogen-bond donors (Lipinski definition) is 3. The predicted octanol–water partition coefficient (Wildman–Crippen LogP) is 4.02. The summed E-state index contributed by atoms with van der Waals surface area (Å²) in [7, 11) is 1.18. The SMILES string of the molecule is COC(CNC(=O)c1cccc(NC(=O)OCC2c3ccccc3-c3ccccc32)c1F)C(=O)O. The van der Waals surface area contributed by atoms with E-state index in [1.807, 2.05) is 48.5 Å². The van der Waals surface area contributed by atoms with Crippen LogP contribution in [0.2, 0.25) is 0 Å². The van der Waals surface area contributed by atoms with Crippen LogP contribution in [0.25, 0.3) is 11.1 Å². The Morgan fingerprint density at radius 3 is 2.20 bits per heavy atom. The average molecular weight is 478 g/mol. The molecule has 3 aromatic carbocycles. The fourth-order valence-electron chi connectivity index (χ4n) is 4.10. The number of benzene rings is 3. The third-order valence-corrected chi connectivity index (χ3v) is 5.83. The van der Waals surface area contributed by atoms with Crippen molar-refractivity contribution in [1.82, 2.24) is 5.32 Å². The molecule has 3 N–H and O–H groups in total. The summed E-state index contributed by atoms with van der Waals surface area (Å²) in [5.41, 5.74) is 3.66. The second kappa shape index (κ2) is 10.4. The summed E-state index contributed by atoms with van der Waals surface area (Å²) in [6.07, 6.45) is -2.14. The number of carboxylic acid groups (broad SMARTS) is 1. The van der Waals surface area contributed by atoms with Crippen LogP contribution in [0.4, 0.5) is 14.9 Å². The van der Waals surface area contributed by atoms with Gasteiger partial charge < -0.3 is 19.9 Å². The minimum atomic E-state index is -1.27. The Morgan fingerprint density at radius 1 is 0.971 bits per heavy atom. The lowest BCUT2D eigenvalue weighted by atomic mass is 9.98. The summed E-state index contributed by atoms with van der Waals surface area (Å²) in [5, 5.41) is 13.6. The number of carboxylic acids is 1. The number of hydrogen-bond acceptors (Lipinski definition) is 5. The van der Waals surface area contributed by atoms with Crippen molar-refractivity contribution in [3.8, 4) is 11.1 Å². The van der Waals surface area contributed by atoms with Crippen molar-refractivity contribution < 1.29 is 33.4 Å². The van der Waals surface area contributed by atoms with Gasteiger partial charge in [-0.2, -0.15) is 0 Å². The van der Waals surface area contributed by atoms with E-state index in [0.717, 1.165) is 22.3 Å². The molecule has 0 bridgehead atoms. The molecule has 1 unspecified atom stereocenters. The number of methoxy groups -OCH3 is 1. The van der Waals surface area contributed by atoms with Crippen molar-refractivity contribution in [2.75, 3.05) is 25.6 Å². The van der Waals surface area contributed by atoms with E-state index in [1.165, 1.54) is 25.3 Å². The Labute approximate surface area is 200 Å². The lowest BCUT2D eigenvalue weighted by Crippen LogP contribution is -2.38. The third-order valence-electron chi connectivity index (χ3n) is 5.83. The second-order valence-corrected chi connectivity index (χ2v) is 7.89. The summed E-state index contributed by atoms with van der Waals surface area (Å²) in [4.78, 5) is 35.8. The zero-order chi connectivity index (χ0) is 24.9. The molecule has 0 saturated heterocycles. The summed E-state index contributed by atoms with van der Waals surface area (Å²) in [6, 6.07) is 19.7. The summed E-state index contributed by atoms with van der Waals surface area (Å²) < 4.78 is 25.1. The third kappa shape index (κ3) is 4.99. The summed E-state index contributed by atoms with van der Waals surface area (Å²) in [6.45, 7) is -0.302. The van der Waals surface area contributed by atoms with Gasteiger partial charge in [-0.05, 0) is 34.4 Å². The maximum absolute atomic E-state index is 14.9. The van der Waals surface area contributed by atoms with Crippen LogP contribution in [0.5, 0.6) is 0 Å². The van der Waals surface area contributed by atoms with Gasteiger partial charge in [-0.3, -0.25) is 10.1 Å². The van der Waals surface area contributed by atoms with Crippen LogP contribution in [0.1, 0.15) is 27.4 Å². The van der Waals surface area contributed by atoms with Crippen LogP contribution in [0.3, 0.4) is 0 Å². The number of carbonyl (C=O) groups excluding carboxylic acids is 2. The molecular weight excluding hydrogens is 455 g/mol. The zero-order valence-corrected chi connectivity index (χ0v) is 18.8. The maximum Gasteiger partial charge on any atom is 0.411 e. The normalized spacial score (nSPS) is 12.9. The Balaban J connectivity index is 1.41. The quantitative estimate of drug-likeness (QED) is 0.451. The second-order valence-electron chi connectivity index (χ2n) is 7.89. The molecule has 0 heterocycles. The van der Waals surface area contributed by atoms with Gasteiger partial charge in [-0.1, -0.05) is 54.6 Å². The molecule has 8 nitrogen and oxygen atoms in total. The lowest BCUT2D eigenvalue weighted by Gasteiger charge is -2.15. The number of rotatable bonds is 8. The van der Waals surface area contributed by atoms with Crippen LogP contribution in [-0.4, -0.2) is 49.4 Å². The molecule has 180 valence electrons. The Morgan fingerprint density at radius 2 is 1.60 bits per heavy atom. The average Bonchev–Trinajstić information content (AvgIpc) is 3.18. The number of fused-ring (bicyclic) bond motifs is 3. The summed E-state index contributed by atoms with van der Waals surface area (Å²) in [5.74, 6) is -3.23. The van der Waals surface area contributed by atoms with Crippen LogP contribution >= 0.6 is 0 Å². The molecule has 4 rings (SSSR count). The van der Waals surface area contributed by atoms with Gasteiger partial charge in [0.25, 0.3) is 5.91 Å². The Hall–Kier alpha value is -4.24. The number of amides is 2. The molecule has 0 fully saturated rings. The predicted molar refractivity (Wildman–Crippen MR) is 126 cm³/mol. The molecule has 1 aliphatic carbocycles. The van der Waals surface area contributed by atoms with Gasteiger partial charge in [0, 0.05) is 13.0 Å². The Bertz CT molecular complexity index is 1230. The Kier molecular flexibility index (Phi) is 7.07. The van der Waals surface area contributed by atoms with Gasteiger partial charge in [-0.25, -0.2) is 14.0 Å². The van der Waals surface area contributed by atoms with E-state index in [-0.39, 0.29) is 30.3 Å². The smallest absolute Gasteiger partial charge is 0.411 e. The topological polar surface area (TPSA) is 114 Å². The number of nitrogens with one attached hydrogen (secondary N) is 2. The first-order valence-electron chi connectivity index (χ1n) is 10.8. The minimum Gasteiger partial charge on any atom is -0.479 e. The van der Waals surface area contributed by atoms with E-state index >= 15 is 0 Å². The van der Waals surface area contributed by atoms with Gasteiger partial charge >= 0.3 is 12.1 Å². The van der Waals surface area contributed by atoms with Crippen molar-refractivity contribution in [1.29, 1.82) is 0 Å². The van der Waals surface area contributed by atoms with E-state index in [9.17, 15) is 18.8 Å². The van der Waals surface area contributed by atoms with Gasteiger partial charge in [0.15, 0.2) is 11.9 Å². The fraction of sp³-hybridized carbons (Fsp3) is 0.192. The number of anilines is 1. The number of carbonyl (C=O) groups is 3. The zero-order valence-electron chi connectivity index (χ0n) is 18.8. The van der Waals surface area contributed by atoms with E-state index < -0.39 is 29.9 Å². The van der Waals surface area contributed by atoms with Crippen molar-refractivity contribution in [2.24, 2.45) is 0 Å². The lowest BCUT2D eigenvalue weighted by molar-refractivity contribution is -0.148. The molecule has 1 atom stereocenters. The highest BCUT2D eigenvalue weighted by Gasteiger charge is 2.29. The number of halogens is 1. The van der Waals surface area contributed by atoms with Gasteiger partial charge in [0.05, 0.1) is 17.8 Å². The molecule has 0 saturated carbocycles. The number of aliphatic carboxylic acids is 1. The van der Waals surface area contributed by atoms with Crippen LogP contribution in [0, 0.1) is 5.82 Å². The maximum atomic E-state index is 14.9. The van der Waals surface area contributed by atoms with Gasteiger partial charge in [0.1, 0.15) is 6.61 Å². The first-order valence-corrected chi connectivity index (χ1v) is 10.8. The van der Waals surface area contributed by atoms with Crippen molar-refractivity contribution >= 4 is 23.7 Å². The standard InChI is InChI=1S/C26H23FN2O6/c1-34-22(25(31)32)13-28-24(30)19-11-6-12-21(23(19)27)29-26(33)35-14-20-17-9-4-2-7-15(17)16-8-3-5-10-18(16)20/h2-12,20,22H,13-14H2,1H3,(H,28,30)(H,29,33)(H,31,32). The van der Waals surface area contributed by atoms with Gasteiger partial charge in [-0.15, -0.1) is 0 Å². The van der Waals surface area contributed by atoms with Crippen molar-refractivity contribution in [3.05, 3.63) is 89.2 Å². The first-order chi connectivity index (χ1) is 16.9. The van der Waals surface area contributed by atoms with E-state index in [0.29, 0.717) is 0 Å². The highest BCUT2D eigenvalue weighted by molar-refractivity contribution is 5.97. The highest BCUT2D eigenvalue weighted by atomic mass is 19.1. The molecule has 35 heavy (non-hydrogen) atoms. The molecule has 0 aliphatic heterocycles. The van der Waals surface area contributed by atoms with E-state index in [2.05, 4.69) is 10.6 Å². The molecule has 3 aromatic rings. The molecule has 1 aliphatic rings. The molecule has 2 amide bonds. The van der Waals surface area contributed by atoms with Crippen LogP contribution in [-0.2, 0) is 14.3 Å². The van der Waals surface area contributed by atoms with E-state index in [4.69, 9.17) is 14.6 Å². The van der Waals surface area contributed by atoms with E-state index in [1.54, 1.807) is 0 Å². The molecule has 0 spiro atoms. The molecule has 0 aromatic heterocycles. The number of ether oxygens (including phenoxy) is 2. The fourth-order valence-corrected chi connectivity index (χ4v) is 4.10. The largest absolute Gasteiger partial charge is 0.479 e.